The molecule has 1 heteroatoms. The molecule has 0 unspecified atom stereocenters. The Hall–Kier alpha value is -0.820. The molecule has 1 aromatic carbocycles. The van der Waals surface area contributed by atoms with Crippen LogP contribution in [0.4, 0.5) is 0 Å². The van der Waals surface area contributed by atoms with Gasteiger partial charge in [0.2, 0.25) is 0 Å². The molecule has 0 aliphatic carbocycles. The summed E-state index contributed by atoms with van der Waals surface area (Å²) in [4.78, 5) is 0. The maximum absolute atomic E-state index is 3.50. The fourth-order valence-corrected chi connectivity index (χ4v) is 2.54. The van der Waals surface area contributed by atoms with Gasteiger partial charge in [-0.15, -0.1) is 0 Å². The quantitative estimate of drug-likeness (QED) is 0.710. The lowest BCUT2D eigenvalue weighted by Crippen LogP contribution is -2.24. The van der Waals surface area contributed by atoms with Crippen molar-refractivity contribution in [2.75, 3.05) is 13.1 Å². The maximum Gasteiger partial charge on any atom is -0.00437 e. The van der Waals surface area contributed by atoms with Gasteiger partial charge in [-0.1, -0.05) is 50.1 Å². The predicted molar refractivity (Wildman–Crippen MR) is 81.2 cm³/mol. The van der Waals surface area contributed by atoms with E-state index in [1.165, 1.54) is 36.0 Å². The Kier molecular flexibility index (Phi) is 5.87. The van der Waals surface area contributed by atoms with Crippen molar-refractivity contribution in [1.29, 1.82) is 0 Å². The van der Waals surface area contributed by atoms with Crippen LogP contribution in [0, 0.1) is 19.3 Å². The van der Waals surface area contributed by atoms with Crippen molar-refractivity contribution in [3.8, 4) is 0 Å². The Morgan fingerprint density at radius 1 is 1.00 bits per heavy atom. The van der Waals surface area contributed by atoms with E-state index in [2.05, 4.69) is 58.1 Å². The summed E-state index contributed by atoms with van der Waals surface area (Å²) in [5.41, 5.74) is 4.61. The number of benzene rings is 1. The predicted octanol–water partition coefficient (Wildman–Crippen LogP) is 4.26. The summed E-state index contributed by atoms with van der Waals surface area (Å²) in [6.45, 7) is 13.6. The first-order valence-electron chi connectivity index (χ1n) is 7.21. The van der Waals surface area contributed by atoms with Gasteiger partial charge in [-0.25, -0.2) is 0 Å². The molecule has 0 fully saturated rings. The minimum atomic E-state index is 0.376. The van der Waals surface area contributed by atoms with E-state index in [4.69, 9.17) is 0 Å². The molecule has 1 nitrogen and oxygen atoms in total. The summed E-state index contributed by atoms with van der Waals surface area (Å²) < 4.78 is 0. The summed E-state index contributed by atoms with van der Waals surface area (Å²) in [6.07, 6.45) is 3.63. The summed E-state index contributed by atoms with van der Waals surface area (Å²) in [5, 5.41) is 3.50. The first-order valence-corrected chi connectivity index (χ1v) is 7.21. The lowest BCUT2D eigenvalue weighted by Gasteiger charge is -2.25. The molecular formula is C17H29N. The van der Waals surface area contributed by atoms with Gasteiger partial charge in [0.15, 0.2) is 0 Å². The topological polar surface area (TPSA) is 12.0 Å². The van der Waals surface area contributed by atoms with Crippen molar-refractivity contribution in [3.63, 3.8) is 0 Å². The zero-order valence-corrected chi connectivity index (χ0v) is 12.8. The van der Waals surface area contributed by atoms with E-state index >= 15 is 0 Å². The van der Waals surface area contributed by atoms with Gasteiger partial charge in [0.05, 0.1) is 0 Å². The highest BCUT2D eigenvalue weighted by Gasteiger charge is 2.18. The summed E-state index contributed by atoms with van der Waals surface area (Å²) in [6, 6.07) is 6.90. The standard InChI is InChI=1S/C17H29N/c1-6-8-18-9-7-17(4,5)13-16-11-14(2)10-15(3)12-16/h10-12,18H,6-9,13H2,1-5H3. The van der Waals surface area contributed by atoms with Gasteiger partial charge in [-0.3, -0.25) is 0 Å². The van der Waals surface area contributed by atoms with Crippen molar-refractivity contribution >= 4 is 0 Å². The Morgan fingerprint density at radius 2 is 1.61 bits per heavy atom. The Labute approximate surface area is 113 Å². The van der Waals surface area contributed by atoms with E-state index in [1.54, 1.807) is 0 Å². The van der Waals surface area contributed by atoms with Crippen LogP contribution in [0.3, 0.4) is 0 Å². The smallest absolute Gasteiger partial charge is 0.00437 e. The molecule has 1 aromatic rings. The molecule has 1 rings (SSSR count). The van der Waals surface area contributed by atoms with Gasteiger partial charge in [0, 0.05) is 0 Å². The van der Waals surface area contributed by atoms with Crippen LogP contribution in [0.15, 0.2) is 18.2 Å². The average Bonchev–Trinajstić information content (AvgIpc) is 2.22. The fraction of sp³-hybridized carbons (Fsp3) is 0.647. The molecule has 0 saturated heterocycles. The molecule has 0 radical (unpaired) electrons. The Balaban J connectivity index is 2.53. The number of hydrogen-bond donors (Lipinski definition) is 1. The van der Waals surface area contributed by atoms with Crippen LogP contribution in [0.25, 0.3) is 0 Å². The van der Waals surface area contributed by atoms with Gasteiger partial charge in [-0.2, -0.15) is 0 Å². The average molecular weight is 247 g/mol. The van der Waals surface area contributed by atoms with E-state index in [-0.39, 0.29) is 0 Å². The van der Waals surface area contributed by atoms with Gasteiger partial charge >= 0.3 is 0 Å². The second kappa shape index (κ2) is 6.94. The minimum Gasteiger partial charge on any atom is -0.317 e. The molecule has 0 heterocycles. The van der Waals surface area contributed by atoms with Crippen LogP contribution in [0.2, 0.25) is 0 Å². The first kappa shape index (κ1) is 15.2. The van der Waals surface area contributed by atoms with Crippen LogP contribution in [0.1, 0.15) is 50.3 Å². The zero-order valence-electron chi connectivity index (χ0n) is 12.8. The van der Waals surface area contributed by atoms with E-state index in [0.717, 1.165) is 13.1 Å². The third-order valence-electron chi connectivity index (χ3n) is 3.37. The molecule has 1 N–H and O–H groups in total. The fourth-order valence-electron chi connectivity index (χ4n) is 2.54. The first-order chi connectivity index (χ1) is 8.43. The number of hydrogen-bond acceptors (Lipinski definition) is 1. The van der Waals surface area contributed by atoms with Crippen LogP contribution in [-0.2, 0) is 6.42 Å². The largest absolute Gasteiger partial charge is 0.317 e. The zero-order chi connectivity index (χ0) is 13.6. The van der Waals surface area contributed by atoms with Crippen molar-refractivity contribution in [1.82, 2.24) is 5.32 Å². The van der Waals surface area contributed by atoms with Gasteiger partial charge in [0.25, 0.3) is 0 Å². The molecule has 102 valence electrons. The lowest BCUT2D eigenvalue weighted by atomic mass is 9.82. The minimum absolute atomic E-state index is 0.376. The normalized spacial score (nSPS) is 11.8. The molecule has 0 bridgehead atoms. The number of aryl methyl sites for hydroxylation is 2. The summed E-state index contributed by atoms with van der Waals surface area (Å²) >= 11 is 0. The molecule has 0 amide bonds. The number of rotatable bonds is 7. The highest BCUT2D eigenvalue weighted by atomic mass is 14.8. The molecule has 0 spiro atoms. The van der Waals surface area contributed by atoms with Crippen LogP contribution in [0.5, 0.6) is 0 Å². The van der Waals surface area contributed by atoms with Gasteiger partial charge in [0.1, 0.15) is 0 Å². The number of nitrogens with one attached hydrogen (secondary N) is 1. The Morgan fingerprint density at radius 3 is 2.17 bits per heavy atom. The van der Waals surface area contributed by atoms with Crippen LogP contribution >= 0.6 is 0 Å². The SMILES string of the molecule is CCCNCCC(C)(C)Cc1cc(C)cc(C)c1. The summed E-state index contributed by atoms with van der Waals surface area (Å²) in [5.74, 6) is 0. The van der Waals surface area contributed by atoms with E-state index < -0.39 is 0 Å². The maximum atomic E-state index is 3.50. The second-order valence-corrected chi connectivity index (χ2v) is 6.34. The van der Waals surface area contributed by atoms with Crippen LogP contribution < -0.4 is 5.32 Å². The molecule has 0 saturated carbocycles. The lowest BCUT2D eigenvalue weighted by molar-refractivity contribution is 0.325. The highest BCUT2D eigenvalue weighted by Crippen LogP contribution is 2.26. The highest BCUT2D eigenvalue weighted by molar-refractivity contribution is 5.29. The van der Waals surface area contributed by atoms with Crippen molar-refractivity contribution in [3.05, 3.63) is 34.9 Å². The molecule has 0 aromatic heterocycles. The molecular weight excluding hydrogens is 218 g/mol. The third kappa shape index (κ3) is 5.68. The van der Waals surface area contributed by atoms with Crippen molar-refractivity contribution in [2.24, 2.45) is 5.41 Å². The molecule has 0 aliphatic heterocycles. The molecule has 0 aliphatic rings. The molecule has 18 heavy (non-hydrogen) atoms. The van der Waals surface area contributed by atoms with Gasteiger partial charge in [-0.05, 0) is 57.2 Å². The van der Waals surface area contributed by atoms with Gasteiger partial charge < -0.3 is 5.32 Å². The third-order valence-corrected chi connectivity index (χ3v) is 3.37. The van der Waals surface area contributed by atoms with E-state index in [0.29, 0.717) is 5.41 Å². The van der Waals surface area contributed by atoms with E-state index in [1.807, 2.05) is 0 Å². The van der Waals surface area contributed by atoms with Crippen molar-refractivity contribution in [2.45, 2.75) is 53.9 Å². The molecule has 0 atom stereocenters. The summed E-state index contributed by atoms with van der Waals surface area (Å²) in [7, 11) is 0. The Bertz CT molecular complexity index is 346. The monoisotopic (exact) mass is 247 g/mol. The van der Waals surface area contributed by atoms with Crippen LogP contribution in [-0.4, -0.2) is 13.1 Å². The second-order valence-electron chi connectivity index (χ2n) is 6.34. The van der Waals surface area contributed by atoms with E-state index in [9.17, 15) is 0 Å². The van der Waals surface area contributed by atoms with Crippen molar-refractivity contribution < 1.29 is 0 Å².